The van der Waals surface area contributed by atoms with E-state index in [4.69, 9.17) is 4.74 Å². The van der Waals surface area contributed by atoms with Crippen LogP contribution >= 0.6 is 0 Å². The highest BCUT2D eigenvalue weighted by atomic mass is 16.5. The first-order chi connectivity index (χ1) is 11.6. The van der Waals surface area contributed by atoms with Crippen LogP contribution in [0.4, 0.5) is 0 Å². The van der Waals surface area contributed by atoms with Crippen LogP contribution in [0.2, 0.25) is 0 Å². The summed E-state index contributed by atoms with van der Waals surface area (Å²) in [4.78, 5) is 35.3. The molecule has 0 aromatic heterocycles. The van der Waals surface area contributed by atoms with Gasteiger partial charge in [-0.15, -0.1) is 0 Å². The van der Waals surface area contributed by atoms with Gasteiger partial charge in [0.1, 0.15) is 0 Å². The monoisotopic (exact) mass is 330 g/mol. The van der Waals surface area contributed by atoms with E-state index >= 15 is 0 Å². The second kappa shape index (κ2) is 7.47. The molecule has 0 unspecified atom stereocenters. The standard InChI is InChI=1S/C18H22N2O4/c21-16(19-20-18(23)13-4-2-1-3-5-13)11-24-17(22)10-15-9-12-6-7-14(15)8-12/h1-5,12,14-15H,6-11H2,(H,19,21)(H,20,23)/t12-,14+,15-/m0/s1. The summed E-state index contributed by atoms with van der Waals surface area (Å²) in [5.74, 6) is 0.540. The highest BCUT2D eigenvalue weighted by Crippen LogP contribution is 2.49. The van der Waals surface area contributed by atoms with Gasteiger partial charge < -0.3 is 4.74 Å². The first-order valence-electron chi connectivity index (χ1n) is 8.41. The Labute approximate surface area is 140 Å². The number of carbonyl (C=O) groups is 3. The van der Waals surface area contributed by atoms with E-state index in [2.05, 4.69) is 10.9 Å². The molecule has 2 bridgehead atoms. The first kappa shape index (κ1) is 16.5. The van der Waals surface area contributed by atoms with Crippen LogP contribution < -0.4 is 10.9 Å². The molecule has 24 heavy (non-hydrogen) atoms. The predicted molar refractivity (Wildman–Crippen MR) is 86.6 cm³/mol. The Morgan fingerprint density at radius 3 is 2.50 bits per heavy atom. The summed E-state index contributed by atoms with van der Waals surface area (Å²) >= 11 is 0. The molecule has 2 aliphatic carbocycles. The van der Waals surface area contributed by atoms with Crippen LogP contribution in [0, 0.1) is 17.8 Å². The molecule has 2 aliphatic rings. The molecule has 0 saturated heterocycles. The van der Waals surface area contributed by atoms with Crippen LogP contribution in [0.15, 0.2) is 30.3 Å². The molecule has 6 nitrogen and oxygen atoms in total. The number of carbonyl (C=O) groups excluding carboxylic acids is 3. The normalized spacial score (nSPS) is 24.4. The zero-order valence-electron chi connectivity index (χ0n) is 13.5. The second-order valence-electron chi connectivity index (χ2n) is 6.67. The Balaban J connectivity index is 1.33. The molecule has 1 aromatic carbocycles. The van der Waals surface area contributed by atoms with E-state index in [0.29, 0.717) is 23.8 Å². The highest BCUT2D eigenvalue weighted by Gasteiger charge is 2.40. The molecule has 0 radical (unpaired) electrons. The third-order valence-electron chi connectivity index (χ3n) is 5.03. The van der Waals surface area contributed by atoms with E-state index in [-0.39, 0.29) is 12.6 Å². The van der Waals surface area contributed by atoms with Crippen LogP contribution in [0.3, 0.4) is 0 Å². The van der Waals surface area contributed by atoms with E-state index in [9.17, 15) is 14.4 Å². The van der Waals surface area contributed by atoms with Crippen molar-refractivity contribution in [2.75, 3.05) is 6.61 Å². The van der Waals surface area contributed by atoms with Gasteiger partial charge in [-0.3, -0.25) is 25.2 Å². The number of hydrazine groups is 1. The molecule has 0 aliphatic heterocycles. The van der Waals surface area contributed by atoms with E-state index < -0.39 is 11.8 Å². The molecule has 0 heterocycles. The van der Waals surface area contributed by atoms with Crippen LogP contribution in [0.1, 0.15) is 42.5 Å². The molecular formula is C18H22N2O4. The van der Waals surface area contributed by atoms with Crippen molar-refractivity contribution >= 4 is 17.8 Å². The Bertz CT molecular complexity index is 617. The zero-order valence-corrected chi connectivity index (χ0v) is 13.5. The van der Waals surface area contributed by atoms with Crippen molar-refractivity contribution in [1.82, 2.24) is 10.9 Å². The molecule has 2 fully saturated rings. The number of fused-ring (bicyclic) bond motifs is 2. The lowest BCUT2D eigenvalue weighted by Gasteiger charge is -2.20. The molecule has 128 valence electrons. The van der Waals surface area contributed by atoms with Gasteiger partial charge in [0.2, 0.25) is 0 Å². The van der Waals surface area contributed by atoms with E-state index in [1.807, 2.05) is 0 Å². The maximum absolute atomic E-state index is 11.8. The van der Waals surface area contributed by atoms with E-state index in [1.54, 1.807) is 30.3 Å². The number of rotatable bonds is 5. The van der Waals surface area contributed by atoms with Gasteiger partial charge in [-0.25, -0.2) is 0 Å². The number of hydrogen-bond donors (Lipinski definition) is 2. The van der Waals surface area contributed by atoms with Gasteiger partial charge in [0.05, 0.1) is 0 Å². The molecule has 1 aromatic rings. The smallest absolute Gasteiger partial charge is 0.306 e. The van der Waals surface area contributed by atoms with E-state index in [1.165, 1.54) is 19.3 Å². The number of hydrogen-bond acceptors (Lipinski definition) is 4. The van der Waals surface area contributed by atoms with Crippen LogP contribution in [-0.4, -0.2) is 24.4 Å². The van der Waals surface area contributed by atoms with Crippen molar-refractivity contribution in [3.05, 3.63) is 35.9 Å². The molecule has 2 N–H and O–H groups in total. The summed E-state index contributed by atoms with van der Waals surface area (Å²) in [6.07, 6.45) is 5.25. The quantitative estimate of drug-likeness (QED) is 0.637. The zero-order chi connectivity index (χ0) is 16.9. The maximum Gasteiger partial charge on any atom is 0.306 e. The Morgan fingerprint density at radius 1 is 1.04 bits per heavy atom. The van der Waals surface area contributed by atoms with E-state index in [0.717, 1.165) is 12.3 Å². The van der Waals surface area contributed by atoms with Crippen LogP contribution in [-0.2, 0) is 14.3 Å². The van der Waals surface area contributed by atoms with Gasteiger partial charge in [0, 0.05) is 12.0 Å². The van der Waals surface area contributed by atoms with Crippen LogP contribution in [0.5, 0.6) is 0 Å². The van der Waals surface area contributed by atoms with Gasteiger partial charge >= 0.3 is 5.97 Å². The topological polar surface area (TPSA) is 84.5 Å². The SMILES string of the molecule is O=C(COC(=O)C[C@@H]1C[C@H]2CC[C@@H]1C2)NNC(=O)c1ccccc1. The summed E-state index contributed by atoms with van der Waals surface area (Å²) in [6, 6.07) is 8.53. The molecule has 2 amide bonds. The van der Waals surface area contributed by atoms with Gasteiger partial charge in [-0.1, -0.05) is 24.6 Å². The summed E-state index contributed by atoms with van der Waals surface area (Å²) in [6.45, 7) is -0.380. The van der Waals surface area contributed by atoms with Gasteiger partial charge in [0.25, 0.3) is 11.8 Å². The molecular weight excluding hydrogens is 308 g/mol. The lowest BCUT2D eigenvalue weighted by molar-refractivity contribution is -0.150. The van der Waals surface area contributed by atoms with Gasteiger partial charge in [0.15, 0.2) is 6.61 Å². The Hall–Kier alpha value is -2.37. The second-order valence-corrected chi connectivity index (χ2v) is 6.67. The minimum Gasteiger partial charge on any atom is -0.455 e. The van der Waals surface area contributed by atoms with Crippen molar-refractivity contribution in [3.8, 4) is 0 Å². The average molecular weight is 330 g/mol. The average Bonchev–Trinajstić information content (AvgIpc) is 3.21. The largest absolute Gasteiger partial charge is 0.455 e. The number of nitrogens with one attached hydrogen (secondary N) is 2. The van der Waals surface area contributed by atoms with Crippen molar-refractivity contribution < 1.29 is 19.1 Å². The van der Waals surface area contributed by atoms with Crippen molar-refractivity contribution in [2.45, 2.75) is 32.1 Å². The van der Waals surface area contributed by atoms with Crippen molar-refractivity contribution in [1.29, 1.82) is 0 Å². The molecule has 3 rings (SSSR count). The fraction of sp³-hybridized carbons (Fsp3) is 0.500. The molecule has 3 atom stereocenters. The third kappa shape index (κ3) is 4.13. The fourth-order valence-electron chi connectivity index (χ4n) is 3.87. The minimum atomic E-state index is -0.555. The fourth-order valence-corrected chi connectivity index (χ4v) is 3.87. The van der Waals surface area contributed by atoms with Crippen molar-refractivity contribution in [2.24, 2.45) is 17.8 Å². The number of esters is 1. The van der Waals surface area contributed by atoms with Gasteiger partial charge in [-0.2, -0.15) is 0 Å². The summed E-state index contributed by atoms with van der Waals surface area (Å²) in [7, 11) is 0. The van der Waals surface area contributed by atoms with Crippen LogP contribution in [0.25, 0.3) is 0 Å². The molecule has 0 spiro atoms. The number of benzene rings is 1. The summed E-state index contributed by atoms with van der Waals surface area (Å²) < 4.78 is 5.01. The van der Waals surface area contributed by atoms with Gasteiger partial charge in [-0.05, 0) is 49.1 Å². The Morgan fingerprint density at radius 2 is 1.83 bits per heavy atom. The lowest BCUT2D eigenvalue weighted by atomic mass is 9.86. The summed E-state index contributed by atoms with van der Waals surface area (Å²) in [5.41, 5.74) is 4.97. The molecule has 6 heteroatoms. The third-order valence-corrected chi connectivity index (χ3v) is 5.03. The lowest BCUT2D eigenvalue weighted by Crippen LogP contribution is -2.43. The number of amides is 2. The number of ether oxygens (including phenoxy) is 1. The van der Waals surface area contributed by atoms with Crippen molar-refractivity contribution in [3.63, 3.8) is 0 Å². The molecule has 2 saturated carbocycles. The highest BCUT2D eigenvalue weighted by molar-refractivity contribution is 5.95. The first-order valence-corrected chi connectivity index (χ1v) is 8.41. The maximum atomic E-state index is 11.8. The Kier molecular flexibility index (Phi) is 5.13. The summed E-state index contributed by atoms with van der Waals surface area (Å²) in [5, 5.41) is 0. The minimum absolute atomic E-state index is 0.336. The predicted octanol–water partition coefficient (Wildman–Crippen LogP) is 1.82.